The van der Waals surface area contributed by atoms with Crippen molar-refractivity contribution in [3.8, 4) is 11.5 Å². The molecule has 178 valence electrons. The quantitative estimate of drug-likeness (QED) is 0.389. The van der Waals surface area contributed by atoms with Gasteiger partial charge in [-0.05, 0) is 47.6 Å². The van der Waals surface area contributed by atoms with E-state index in [2.05, 4.69) is 10.3 Å². The fourth-order valence-corrected chi connectivity index (χ4v) is 4.21. The Hall–Kier alpha value is -3.91. The van der Waals surface area contributed by atoms with Crippen LogP contribution in [0.1, 0.15) is 16.7 Å². The normalized spacial score (nSPS) is 12.4. The lowest BCUT2D eigenvalue weighted by Gasteiger charge is -2.26. The summed E-state index contributed by atoms with van der Waals surface area (Å²) in [7, 11) is 0. The third-order valence-corrected chi connectivity index (χ3v) is 6.21. The molecule has 0 aliphatic carbocycles. The topological polar surface area (TPSA) is 66.6 Å². The molecule has 1 aliphatic rings. The number of H-pyrrole nitrogens is 1. The van der Waals surface area contributed by atoms with Gasteiger partial charge in [0.25, 0.3) is 5.56 Å². The van der Waals surface area contributed by atoms with E-state index >= 15 is 0 Å². The molecule has 0 fully saturated rings. The van der Waals surface area contributed by atoms with Crippen molar-refractivity contribution in [2.24, 2.45) is 0 Å². The molecule has 0 saturated heterocycles. The van der Waals surface area contributed by atoms with E-state index in [0.717, 1.165) is 16.5 Å². The second kappa shape index (κ2) is 10.1. The minimum atomic E-state index is -0.300. The van der Waals surface area contributed by atoms with E-state index in [1.165, 1.54) is 12.1 Å². The molecule has 4 aromatic rings. The molecule has 0 amide bonds. The highest BCUT2D eigenvalue weighted by atomic mass is 32.1. The number of nitrogens with zero attached hydrogens (tertiary/aromatic N) is 1. The molecule has 35 heavy (non-hydrogen) atoms. The Labute approximate surface area is 207 Å². The maximum absolute atomic E-state index is 13.4. The van der Waals surface area contributed by atoms with Gasteiger partial charge >= 0.3 is 0 Å². The average molecular weight is 490 g/mol. The van der Waals surface area contributed by atoms with Crippen LogP contribution in [-0.2, 0) is 19.6 Å². The summed E-state index contributed by atoms with van der Waals surface area (Å²) in [6.07, 6.45) is 0. The maximum Gasteiger partial charge on any atom is 0.253 e. The molecular formula is C27H24FN3O3S. The minimum Gasteiger partial charge on any atom is -0.486 e. The molecule has 0 spiro atoms. The molecule has 8 heteroatoms. The van der Waals surface area contributed by atoms with Crippen LogP contribution in [0.5, 0.6) is 11.5 Å². The van der Waals surface area contributed by atoms with Crippen molar-refractivity contribution in [2.75, 3.05) is 13.2 Å². The summed E-state index contributed by atoms with van der Waals surface area (Å²) in [5.74, 6) is 0.979. The first-order chi connectivity index (χ1) is 17.0. The Morgan fingerprint density at radius 1 is 0.943 bits per heavy atom. The van der Waals surface area contributed by atoms with Gasteiger partial charge in [-0.15, -0.1) is 0 Å². The number of pyridine rings is 1. The zero-order valence-corrected chi connectivity index (χ0v) is 19.7. The van der Waals surface area contributed by atoms with Crippen molar-refractivity contribution in [3.63, 3.8) is 0 Å². The number of hydrogen-bond donors (Lipinski definition) is 2. The summed E-state index contributed by atoms with van der Waals surface area (Å²) in [6, 6.07) is 21.7. The van der Waals surface area contributed by atoms with Crippen LogP contribution in [0.2, 0.25) is 0 Å². The summed E-state index contributed by atoms with van der Waals surface area (Å²) in [6.45, 7) is 2.21. The van der Waals surface area contributed by atoms with Crippen LogP contribution in [0.4, 0.5) is 4.39 Å². The van der Waals surface area contributed by atoms with E-state index < -0.39 is 0 Å². The summed E-state index contributed by atoms with van der Waals surface area (Å²) in [5, 5.41) is 4.62. The lowest BCUT2D eigenvalue weighted by atomic mass is 10.1. The van der Waals surface area contributed by atoms with E-state index in [9.17, 15) is 9.18 Å². The molecule has 2 N–H and O–H groups in total. The Balaban J connectivity index is 1.42. The van der Waals surface area contributed by atoms with Gasteiger partial charge in [0, 0.05) is 30.1 Å². The van der Waals surface area contributed by atoms with E-state index in [0.29, 0.717) is 54.0 Å². The van der Waals surface area contributed by atoms with Crippen LogP contribution in [-0.4, -0.2) is 28.2 Å². The molecular weight excluding hydrogens is 465 g/mol. The predicted molar refractivity (Wildman–Crippen MR) is 137 cm³/mol. The monoisotopic (exact) mass is 489 g/mol. The van der Waals surface area contributed by atoms with Gasteiger partial charge < -0.3 is 24.7 Å². The number of thiocarbonyl (C=S) groups is 1. The van der Waals surface area contributed by atoms with E-state index in [4.69, 9.17) is 21.7 Å². The third-order valence-electron chi connectivity index (χ3n) is 5.81. The SMILES string of the molecule is O=c1[nH]c2cc3c(cc2cc1CN(Cc1ccc(F)cc1)C(=S)NCc1ccccc1)OCCO3. The third kappa shape index (κ3) is 5.44. The van der Waals surface area contributed by atoms with Crippen LogP contribution in [0.15, 0.2) is 77.6 Å². The molecule has 3 aromatic carbocycles. The van der Waals surface area contributed by atoms with Crippen molar-refractivity contribution in [2.45, 2.75) is 19.6 Å². The van der Waals surface area contributed by atoms with Gasteiger partial charge in [-0.2, -0.15) is 0 Å². The van der Waals surface area contributed by atoms with E-state index in [-0.39, 0.29) is 17.9 Å². The van der Waals surface area contributed by atoms with Gasteiger partial charge in [0.15, 0.2) is 16.6 Å². The number of benzene rings is 3. The van der Waals surface area contributed by atoms with E-state index in [1.54, 1.807) is 18.2 Å². The Bertz CT molecular complexity index is 1410. The van der Waals surface area contributed by atoms with Crippen molar-refractivity contribution in [1.82, 2.24) is 15.2 Å². The second-order valence-electron chi connectivity index (χ2n) is 8.33. The molecule has 1 aromatic heterocycles. The highest BCUT2D eigenvalue weighted by molar-refractivity contribution is 7.80. The number of aromatic amines is 1. The summed E-state index contributed by atoms with van der Waals surface area (Å²) in [4.78, 5) is 17.8. The van der Waals surface area contributed by atoms with Gasteiger partial charge in [0.2, 0.25) is 0 Å². The number of ether oxygens (including phenoxy) is 2. The number of aromatic nitrogens is 1. The van der Waals surface area contributed by atoms with Crippen LogP contribution >= 0.6 is 12.2 Å². The zero-order chi connectivity index (χ0) is 24.2. The molecule has 0 saturated carbocycles. The number of halogens is 1. The van der Waals surface area contributed by atoms with Gasteiger partial charge in [-0.3, -0.25) is 4.79 Å². The molecule has 1 aliphatic heterocycles. The van der Waals surface area contributed by atoms with Crippen LogP contribution in [0.3, 0.4) is 0 Å². The molecule has 0 atom stereocenters. The van der Waals surface area contributed by atoms with Gasteiger partial charge in [-0.1, -0.05) is 42.5 Å². The summed E-state index contributed by atoms with van der Waals surface area (Å²) in [5.41, 5.74) is 3.00. The number of hydrogen-bond acceptors (Lipinski definition) is 4. The smallest absolute Gasteiger partial charge is 0.253 e. The maximum atomic E-state index is 13.4. The fraction of sp³-hybridized carbons (Fsp3) is 0.185. The second-order valence-corrected chi connectivity index (χ2v) is 8.72. The first-order valence-corrected chi connectivity index (χ1v) is 11.7. The first kappa shape index (κ1) is 22.9. The van der Waals surface area contributed by atoms with Crippen LogP contribution in [0, 0.1) is 5.82 Å². The molecule has 0 bridgehead atoms. The lowest BCUT2D eigenvalue weighted by Crippen LogP contribution is -2.39. The van der Waals surface area contributed by atoms with Crippen LogP contribution < -0.4 is 20.3 Å². The highest BCUT2D eigenvalue weighted by Crippen LogP contribution is 2.33. The summed E-state index contributed by atoms with van der Waals surface area (Å²) < 4.78 is 24.8. The molecule has 5 rings (SSSR count). The Morgan fingerprint density at radius 2 is 1.66 bits per heavy atom. The Morgan fingerprint density at radius 3 is 2.40 bits per heavy atom. The minimum absolute atomic E-state index is 0.204. The van der Waals surface area contributed by atoms with Crippen LogP contribution in [0.25, 0.3) is 10.9 Å². The number of fused-ring (bicyclic) bond motifs is 2. The predicted octanol–water partition coefficient (Wildman–Crippen LogP) is 4.52. The standard InChI is InChI=1S/C27H24FN3O3S/c28-22-8-6-19(7-9-22)16-31(27(35)29-15-18-4-2-1-3-5-18)17-21-12-20-13-24-25(34-11-10-33-24)14-23(20)30-26(21)32/h1-9,12-14H,10-11,15-17H2,(H,29,35)(H,30,32). The van der Waals surface area contributed by atoms with Crippen molar-refractivity contribution < 1.29 is 13.9 Å². The van der Waals surface area contributed by atoms with Gasteiger partial charge in [0.1, 0.15) is 19.0 Å². The first-order valence-electron chi connectivity index (χ1n) is 11.3. The highest BCUT2D eigenvalue weighted by Gasteiger charge is 2.17. The molecule has 0 radical (unpaired) electrons. The molecule has 2 heterocycles. The van der Waals surface area contributed by atoms with Crippen molar-refractivity contribution in [3.05, 3.63) is 106 Å². The average Bonchev–Trinajstić information content (AvgIpc) is 2.88. The van der Waals surface area contributed by atoms with E-state index in [1.807, 2.05) is 47.4 Å². The lowest BCUT2D eigenvalue weighted by molar-refractivity contribution is 0.172. The van der Waals surface area contributed by atoms with Gasteiger partial charge in [-0.25, -0.2) is 4.39 Å². The van der Waals surface area contributed by atoms with Crippen molar-refractivity contribution in [1.29, 1.82) is 0 Å². The Kier molecular flexibility index (Phi) is 6.63. The largest absolute Gasteiger partial charge is 0.486 e. The number of rotatable bonds is 6. The molecule has 6 nitrogen and oxygen atoms in total. The van der Waals surface area contributed by atoms with Crippen molar-refractivity contribution >= 4 is 28.2 Å². The molecule has 0 unspecified atom stereocenters. The van der Waals surface area contributed by atoms with Gasteiger partial charge in [0.05, 0.1) is 12.1 Å². The fourth-order valence-electron chi connectivity index (χ4n) is 4.01. The number of nitrogens with one attached hydrogen (secondary N) is 2. The summed E-state index contributed by atoms with van der Waals surface area (Å²) >= 11 is 5.71. The zero-order valence-electron chi connectivity index (χ0n) is 18.9.